The summed E-state index contributed by atoms with van der Waals surface area (Å²) in [5.74, 6) is 0.334. The highest BCUT2D eigenvalue weighted by atomic mass is 32.2. The summed E-state index contributed by atoms with van der Waals surface area (Å²) in [6.45, 7) is 13.9. The van der Waals surface area contributed by atoms with Gasteiger partial charge in [-0.05, 0) is 95.1 Å². The largest absolute Gasteiger partial charge is 0.495 e. The van der Waals surface area contributed by atoms with Gasteiger partial charge in [0, 0.05) is 66.3 Å². The lowest BCUT2D eigenvalue weighted by molar-refractivity contribution is 0.0240. The highest BCUT2D eigenvalue weighted by Gasteiger charge is 2.29. The van der Waals surface area contributed by atoms with Gasteiger partial charge in [0.1, 0.15) is 17.2 Å². The number of ether oxygens (including phenoxy) is 2. The van der Waals surface area contributed by atoms with Gasteiger partial charge < -0.3 is 19.3 Å². The number of hydrogen-bond donors (Lipinski definition) is 0. The van der Waals surface area contributed by atoms with Crippen molar-refractivity contribution in [3.63, 3.8) is 0 Å². The molecule has 0 spiro atoms. The Kier molecular flexibility index (Phi) is 9.93. The molecule has 0 N–H and O–H groups in total. The van der Waals surface area contributed by atoms with E-state index in [1.54, 1.807) is 54.7 Å². The zero-order chi connectivity index (χ0) is 39.2. The van der Waals surface area contributed by atoms with E-state index in [0.717, 1.165) is 39.2 Å². The minimum atomic E-state index is -4.04. The number of halogens is 1. The van der Waals surface area contributed by atoms with E-state index in [0.29, 0.717) is 55.1 Å². The molecule has 0 saturated carbocycles. The van der Waals surface area contributed by atoms with Gasteiger partial charge in [0.15, 0.2) is 5.65 Å². The minimum Gasteiger partial charge on any atom is -0.495 e. The molecule has 3 aromatic carbocycles. The molecule has 3 aromatic heterocycles. The Bertz CT molecular complexity index is 2510. The SMILES string of the molecule is COc1cc(-c2cnc3c(c2)c(-c2c(C)nn(Cc4cccc(F)c4)c2C)cn3S(=O)(=O)c2ccc(C)cc2)ccc1N1CCN(C(=O)OC(C)(C)C)CC1. The molecular weight excluding hydrogens is 720 g/mol. The molecule has 1 amide bonds. The number of pyridine rings is 1. The molecule has 0 aliphatic carbocycles. The van der Waals surface area contributed by atoms with Crippen LogP contribution >= 0.6 is 0 Å². The number of methoxy groups -OCH3 is 1. The second kappa shape index (κ2) is 14.5. The van der Waals surface area contributed by atoms with Crippen LogP contribution in [0.3, 0.4) is 0 Å². The number of aryl methyl sites for hydroxylation is 2. The van der Waals surface area contributed by atoms with E-state index in [4.69, 9.17) is 19.6 Å². The average molecular weight is 765 g/mol. The fourth-order valence-electron chi connectivity index (χ4n) is 7.07. The van der Waals surface area contributed by atoms with Crippen molar-refractivity contribution in [1.82, 2.24) is 23.6 Å². The molecule has 4 heterocycles. The summed E-state index contributed by atoms with van der Waals surface area (Å²) in [6, 6.07) is 21.0. The van der Waals surface area contributed by atoms with E-state index in [-0.39, 0.29) is 22.5 Å². The van der Waals surface area contributed by atoms with Gasteiger partial charge in [0.25, 0.3) is 10.0 Å². The van der Waals surface area contributed by atoms with E-state index >= 15 is 0 Å². The highest BCUT2D eigenvalue weighted by Crippen LogP contribution is 2.39. The molecule has 6 aromatic rings. The van der Waals surface area contributed by atoms with Gasteiger partial charge in [-0.3, -0.25) is 4.68 Å². The number of fused-ring (bicyclic) bond motifs is 1. The third-order valence-electron chi connectivity index (χ3n) is 9.85. The Morgan fingerprint density at radius 2 is 1.64 bits per heavy atom. The first-order chi connectivity index (χ1) is 26.1. The van der Waals surface area contributed by atoms with Crippen LogP contribution in [0.4, 0.5) is 14.9 Å². The number of benzene rings is 3. The lowest BCUT2D eigenvalue weighted by atomic mass is 10.0. The van der Waals surface area contributed by atoms with Crippen molar-refractivity contribution in [2.45, 2.75) is 58.6 Å². The molecule has 0 atom stereocenters. The fraction of sp³-hybridized carbons (Fsp3) is 0.310. The molecule has 11 nitrogen and oxygen atoms in total. The molecule has 13 heteroatoms. The smallest absolute Gasteiger partial charge is 0.410 e. The maximum absolute atomic E-state index is 14.2. The molecule has 55 heavy (non-hydrogen) atoms. The van der Waals surface area contributed by atoms with Crippen molar-refractivity contribution in [3.05, 3.63) is 114 Å². The van der Waals surface area contributed by atoms with E-state index in [1.807, 2.05) is 76.6 Å². The van der Waals surface area contributed by atoms with Gasteiger partial charge in [-0.1, -0.05) is 35.9 Å². The van der Waals surface area contributed by atoms with Crippen LogP contribution in [0, 0.1) is 26.6 Å². The van der Waals surface area contributed by atoms with Gasteiger partial charge in [-0.25, -0.2) is 26.6 Å². The summed E-state index contributed by atoms with van der Waals surface area (Å²) in [5, 5.41) is 5.44. The summed E-state index contributed by atoms with van der Waals surface area (Å²) in [7, 11) is -2.41. The Balaban J connectivity index is 1.28. The topological polar surface area (TPSA) is 112 Å². The van der Waals surface area contributed by atoms with Crippen molar-refractivity contribution in [1.29, 1.82) is 0 Å². The molecule has 1 saturated heterocycles. The fourth-order valence-corrected chi connectivity index (χ4v) is 8.39. The zero-order valence-electron chi connectivity index (χ0n) is 32.1. The van der Waals surface area contributed by atoms with Crippen LogP contribution in [0.1, 0.15) is 43.3 Å². The van der Waals surface area contributed by atoms with Gasteiger partial charge in [-0.15, -0.1) is 0 Å². The van der Waals surface area contributed by atoms with Crippen LogP contribution < -0.4 is 9.64 Å². The highest BCUT2D eigenvalue weighted by molar-refractivity contribution is 7.90. The second-order valence-corrected chi connectivity index (χ2v) is 16.7. The first kappa shape index (κ1) is 37.6. The second-order valence-electron chi connectivity index (χ2n) is 14.9. The van der Waals surface area contributed by atoms with Gasteiger partial charge in [0.2, 0.25) is 0 Å². The van der Waals surface area contributed by atoms with Gasteiger partial charge in [0.05, 0.1) is 29.9 Å². The molecule has 7 rings (SSSR count). The number of piperazine rings is 1. The lowest BCUT2D eigenvalue weighted by Gasteiger charge is -2.37. The number of rotatable bonds is 8. The summed E-state index contributed by atoms with van der Waals surface area (Å²) in [5.41, 5.74) is 6.85. The Morgan fingerprint density at radius 1 is 0.909 bits per heavy atom. The first-order valence-electron chi connectivity index (χ1n) is 18.2. The molecule has 1 aliphatic heterocycles. The Hall–Kier alpha value is -5.69. The molecule has 0 unspecified atom stereocenters. The third kappa shape index (κ3) is 7.53. The molecule has 0 bridgehead atoms. The maximum atomic E-state index is 14.2. The van der Waals surface area contributed by atoms with Crippen LogP contribution in [0.5, 0.6) is 5.75 Å². The number of carbonyl (C=O) groups is 1. The van der Waals surface area contributed by atoms with Crippen molar-refractivity contribution in [2.24, 2.45) is 0 Å². The number of amides is 1. The van der Waals surface area contributed by atoms with Crippen LogP contribution in [0.15, 0.2) is 90.1 Å². The molecular formula is C42H45FN6O5S. The number of anilines is 1. The monoisotopic (exact) mass is 764 g/mol. The lowest BCUT2D eigenvalue weighted by Crippen LogP contribution is -2.50. The van der Waals surface area contributed by atoms with E-state index < -0.39 is 15.6 Å². The number of carbonyl (C=O) groups excluding carboxylic acids is 1. The van der Waals surface area contributed by atoms with Gasteiger partial charge in [-0.2, -0.15) is 5.10 Å². The standard InChI is InChI=1S/C42H45FN6O5S/c1-27-11-14-34(15-12-27)55(51,52)49-26-36(39-28(2)45-48(29(39)3)25-30-9-8-10-33(43)21-30)35-22-32(24-44-40(35)49)31-13-16-37(38(23-31)53-7)46-17-19-47(20-18-46)41(50)54-42(4,5)6/h8-16,21-24,26H,17-20,25H2,1-7H3. The van der Waals surface area contributed by atoms with Gasteiger partial charge >= 0.3 is 6.09 Å². The number of aromatic nitrogens is 4. The summed E-state index contributed by atoms with van der Waals surface area (Å²) in [4.78, 5) is 21.5. The van der Waals surface area contributed by atoms with E-state index in [1.165, 1.54) is 16.1 Å². The number of hydrogen-bond acceptors (Lipinski definition) is 8. The van der Waals surface area contributed by atoms with Crippen molar-refractivity contribution in [2.75, 3.05) is 38.2 Å². The Morgan fingerprint density at radius 3 is 2.31 bits per heavy atom. The van der Waals surface area contributed by atoms with Crippen molar-refractivity contribution >= 4 is 32.8 Å². The van der Waals surface area contributed by atoms with E-state index in [9.17, 15) is 17.6 Å². The third-order valence-corrected chi connectivity index (χ3v) is 11.5. The van der Waals surface area contributed by atoms with Crippen LogP contribution in [-0.4, -0.2) is 77.0 Å². The van der Waals surface area contributed by atoms with E-state index in [2.05, 4.69) is 4.90 Å². The summed E-state index contributed by atoms with van der Waals surface area (Å²) >= 11 is 0. The van der Waals surface area contributed by atoms with Crippen LogP contribution in [0.25, 0.3) is 33.3 Å². The molecule has 286 valence electrons. The van der Waals surface area contributed by atoms with Crippen LogP contribution in [0.2, 0.25) is 0 Å². The zero-order valence-corrected chi connectivity index (χ0v) is 32.9. The quantitative estimate of drug-likeness (QED) is 0.154. The van der Waals surface area contributed by atoms with Crippen molar-refractivity contribution in [3.8, 4) is 28.0 Å². The summed E-state index contributed by atoms with van der Waals surface area (Å²) in [6.07, 6.45) is 2.98. The van der Waals surface area contributed by atoms with Crippen LogP contribution in [-0.2, 0) is 21.3 Å². The normalized spacial score (nSPS) is 13.7. The predicted molar refractivity (Wildman–Crippen MR) is 212 cm³/mol. The average Bonchev–Trinajstić information content (AvgIpc) is 3.66. The minimum absolute atomic E-state index is 0.148. The Labute approximate surface area is 321 Å². The molecule has 1 aliphatic rings. The number of nitrogens with zero attached hydrogens (tertiary/aromatic N) is 6. The summed E-state index contributed by atoms with van der Waals surface area (Å²) < 4.78 is 57.0. The first-order valence-corrected chi connectivity index (χ1v) is 19.6. The van der Waals surface area contributed by atoms with Crippen molar-refractivity contribution < 1.29 is 27.1 Å². The predicted octanol–water partition coefficient (Wildman–Crippen LogP) is 7.98. The molecule has 1 fully saturated rings. The maximum Gasteiger partial charge on any atom is 0.410 e. The molecule has 0 radical (unpaired) electrons.